The molecule has 0 spiro atoms. The van der Waals surface area contributed by atoms with Crippen LogP contribution >= 0.6 is 0 Å². The van der Waals surface area contributed by atoms with Gasteiger partial charge in [-0.2, -0.15) is 0 Å². The molecule has 4 nitrogen and oxygen atoms in total. The van der Waals surface area contributed by atoms with Crippen molar-refractivity contribution in [2.75, 3.05) is 0 Å². The van der Waals surface area contributed by atoms with Gasteiger partial charge in [-0.25, -0.2) is 0 Å². The van der Waals surface area contributed by atoms with Crippen LogP contribution in [0.1, 0.15) is 0 Å². The van der Waals surface area contributed by atoms with Crippen molar-refractivity contribution in [1.29, 1.82) is 0 Å². The van der Waals surface area contributed by atoms with Gasteiger partial charge in [0.25, 0.3) is 0 Å². The maximum atomic E-state index is 10.3. The lowest BCUT2D eigenvalue weighted by atomic mass is 10.5. The van der Waals surface area contributed by atoms with Crippen molar-refractivity contribution in [3.8, 4) is 0 Å². The van der Waals surface area contributed by atoms with Crippen LogP contribution < -0.4 is 10.7 Å². The Morgan fingerprint density at radius 3 is 2.33 bits per heavy atom. The first-order valence-electron chi connectivity index (χ1n) is 2.36. The highest BCUT2D eigenvalue weighted by molar-refractivity contribution is 6.17. The Morgan fingerprint density at radius 1 is 1.44 bits per heavy atom. The molecule has 0 rings (SSSR count). The fourth-order valence-electron chi connectivity index (χ4n) is 0.241. The van der Waals surface area contributed by atoms with Gasteiger partial charge in [0.2, 0.25) is 11.8 Å². The number of nitrogens with one attached hydrogen (secondary N) is 1. The van der Waals surface area contributed by atoms with Gasteiger partial charge >= 0.3 is 0 Å². The number of carbonyl (C=O) groups is 2. The van der Waals surface area contributed by atoms with Crippen LogP contribution in [0.15, 0.2) is 12.2 Å². The summed E-state index contributed by atoms with van der Waals surface area (Å²) in [4.78, 5) is 22.8. The number of hydrogen-bond donors (Lipinski definition) is 2. The number of amides is 2. The van der Waals surface area contributed by atoms with E-state index in [1.54, 1.807) is 0 Å². The van der Waals surface area contributed by atoms with Crippen molar-refractivity contribution in [3.63, 3.8) is 0 Å². The summed E-state index contributed by atoms with van der Waals surface area (Å²) < 4.78 is 0. The summed E-state index contributed by atoms with van der Waals surface area (Å²) >= 11 is 0. The molecule has 2 amide bonds. The normalized spacial score (nSPS) is 9.78. The molecule has 0 radical (unpaired) electrons. The van der Waals surface area contributed by atoms with Crippen molar-refractivity contribution < 1.29 is 9.59 Å². The molecule has 5 heteroatoms. The van der Waals surface area contributed by atoms with Crippen molar-refractivity contribution in [2.24, 2.45) is 5.73 Å². The number of rotatable bonds is 2. The highest BCUT2D eigenvalue weighted by Crippen LogP contribution is 1.68. The van der Waals surface area contributed by atoms with E-state index in [9.17, 15) is 9.59 Å². The minimum absolute atomic E-state index is 0.277. The van der Waals surface area contributed by atoms with E-state index in [0.717, 1.165) is 12.2 Å². The molecular weight excluding hydrogens is 136 g/mol. The smallest absolute Gasteiger partial charge is 0.241 e. The fraction of sp³-hybridized carbons (Fsp3) is 0. The van der Waals surface area contributed by atoms with Crippen LogP contribution in [0.5, 0.6) is 0 Å². The zero-order valence-electron chi connectivity index (χ0n) is 5.05. The highest BCUT2D eigenvalue weighted by atomic mass is 28.2. The topological polar surface area (TPSA) is 72.2 Å². The SMILES string of the molecule is NC(=O)C=CC(=O)N[SiH3]. The molecule has 0 aliphatic rings. The highest BCUT2D eigenvalue weighted by Gasteiger charge is 1.87. The van der Waals surface area contributed by atoms with E-state index < -0.39 is 5.91 Å². The second kappa shape index (κ2) is 3.85. The van der Waals surface area contributed by atoms with Gasteiger partial charge < -0.3 is 10.7 Å². The monoisotopic (exact) mass is 144 g/mol. The molecule has 0 heterocycles. The second-order valence-electron chi connectivity index (χ2n) is 1.35. The van der Waals surface area contributed by atoms with Crippen LogP contribution in [0.4, 0.5) is 0 Å². The third-order valence-electron chi connectivity index (χ3n) is 0.645. The van der Waals surface area contributed by atoms with E-state index in [-0.39, 0.29) is 5.91 Å². The summed E-state index contributed by atoms with van der Waals surface area (Å²) in [6, 6.07) is 0. The van der Waals surface area contributed by atoms with Crippen LogP contribution in [-0.2, 0) is 9.59 Å². The van der Waals surface area contributed by atoms with Crippen molar-refractivity contribution >= 4 is 22.2 Å². The lowest BCUT2D eigenvalue weighted by molar-refractivity contribution is -0.116. The lowest BCUT2D eigenvalue weighted by Gasteiger charge is -1.86. The van der Waals surface area contributed by atoms with Gasteiger partial charge in [-0.05, 0) is 0 Å². The zero-order chi connectivity index (χ0) is 7.28. The third-order valence-corrected chi connectivity index (χ3v) is 1.14. The van der Waals surface area contributed by atoms with Gasteiger partial charge in [-0.3, -0.25) is 9.59 Å². The average Bonchev–Trinajstić information content (AvgIpc) is 1.83. The molecule has 0 unspecified atom stereocenters. The van der Waals surface area contributed by atoms with Crippen LogP contribution in [0.25, 0.3) is 0 Å². The summed E-state index contributed by atoms with van der Waals surface area (Å²) in [7, 11) is 0.580. The first-order valence-corrected chi connectivity index (χ1v) is 3.36. The predicted octanol–water partition coefficient (Wildman–Crippen LogP) is -2.58. The molecule has 0 aliphatic carbocycles. The van der Waals surface area contributed by atoms with Crippen LogP contribution in [0, 0.1) is 0 Å². The van der Waals surface area contributed by atoms with E-state index in [1.807, 2.05) is 0 Å². The molecular formula is C4H8N2O2Si. The number of hydrogen-bond acceptors (Lipinski definition) is 2. The molecule has 0 aliphatic heterocycles. The summed E-state index contributed by atoms with van der Waals surface area (Å²) in [5.41, 5.74) is 4.70. The van der Waals surface area contributed by atoms with Gasteiger partial charge in [0.05, 0.1) is 0 Å². The summed E-state index contributed by atoms with van der Waals surface area (Å²) in [5.74, 6) is -0.888. The largest absolute Gasteiger partial charge is 0.387 e. The molecule has 0 aromatic heterocycles. The van der Waals surface area contributed by atoms with Crippen LogP contribution in [-0.4, -0.2) is 22.2 Å². The second-order valence-corrected chi connectivity index (χ2v) is 1.85. The molecule has 0 saturated carbocycles. The fourth-order valence-corrected chi connectivity index (χ4v) is 0.408. The molecule has 0 aromatic rings. The molecule has 50 valence electrons. The average molecular weight is 144 g/mol. The maximum absolute atomic E-state index is 10.3. The first kappa shape index (κ1) is 7.90. The summed E-state index contributed by atoms with van der Waals surface area (Å²) in [6.45, 7) is 0. The van der Waals surface area contributed by atoms with E-state index >= 15 is 0 Å². The number of nitrogens with two attached hydrogens (primary N) is 1. The minimum atomic E-state index is -0.611. The molecule has 0 bridgehead atoms. The van der Waals surface area contributed by atoms with Gasteiger partial charge in [0.1, 0.15) is 10.4 Å². The van der Waals surface area contributed by atoms with E-state index in [4.69, 9.17) is 5.73 Å². The zero-order valence-corrected chi connectivity index (χ0v) is 7.05. The van der Waals surface area contributed by atoms with E-state index in [0.29, 0.717) is 10.4 Å². The Labute approximate surface area is 55.6 Å². The van der Waals surface area contributed by atoms with E-state index in [1.165, 1.54) is 0 Å². The summed E-state index contributed by atoms with van der Waals surface area (Å²) in [6.07, 6.45) is 2.13. The Balaban J connectivity index is 3.71. The van der Waals surface area contributed by atoms with Gasteiger partial charge in [-0.1, -0.05) is 0 Å². The Morgan fingerprint density at radius 2 is 2.00 bits per heavy atom. The van der Waals surface area contributed by atoms with Crippen LogP contribution in [0.3, 0.4) is 0 Å². The first-order chi connectivity index (χ1) is 4.16. The van der Waals surface area contributed by atoms with E-state index in [2.05, 4.69) is 4.98 Å². The van der Waals surface area contributed by atoms with Gasteiger partial charge in [0.15, 0.2) is 0 Å². The maximum Gasteiger partial charge on any atom is 0.241 e. The predicted molar refractivity (Wildman–Crippen MR) is 36.4 cm³/mol. The third kappa shape index (κ3) is 4.76. The molecule has 9 heavy (non-hydrogen) atoms. The standard InChI is InChI=1S/C4H8N2O2Si/c5-3(7)1-2-4(8)6-9/h1-2H,9H3,(H2,5,7)(H,6,8). The summed E-state index contributed by atoms with van der Waals surface area (Å²) in [5, 5.41) is 0. The quantitative estimate of drug-likeness (QED) is 0.330. The molecule has 0 saturated heterocycles. The van der Waals surface area contributed by atoms with Crippen molar-refractivity contribution in [1.82, 2.24) is 4.98 Å². The van der Waals surface area contributed by atoms with Gasteiger partial charge in [0, 0.05) is 12.2 Å². The Kier molecular flexibility index (Phi) is 3.37. The molecule has 0 fully saturated rings. The number of primary amides is 1. The van der Waals surface area contributed by atoms with Crippen molar-refractivity contribution in [2.45, 2.75) is 0 Å². The van der Waals surface area contributed by atoms with Crippen LogP contribution in [0.2, 0.25) is 0 Å². The minimum Gasteiger partial charge on any atom is -0.387 e. The van der Waals surface area contributed by atoms with Crippen molar-refractivity contribution in [3.05, 3.63) is 12.2 Å². The van der Waals surface area contributed by atoms with Gasteiger partial charge in [-0.15, -0.1) is 0 Å². The molecule has 0 atom stereocenters. The molecule has 0 aromatic carbocycles. The number of carbonyl (C=O) groups excluding carboxylic acids is 2. The lowest BCUT2D eigenvalue weighted by Crippen LogP contribution is -2.17. The molecule has 3 N–H and O–H groups in total. The Hall–Kier alpha value is -1.10. The Bertz CT molecular complexity index is 155.